The van der Waals surface area contributed by atoms with E-state index in [0.29, 0.717) is 24.8 Å². The number of carbonyl (C=O) groups excluding carboxylic acids is 2. The average molecular weight is 326 g/mol. The van der Waals surface area contributed by atoms with Gasteiger partial charge in [0.15, 0.2) is 0 Å². The van der Waals surface area contributed by atoms with Gasteiger partial charge in [0.1, 0.15) is 11.9 Å². The molecule has 1 aliphatic rings. The van der Waals surface area contributed by atoms with Crippen LogP contribution in [0.4, 0.5) is 4.39 Å². The van der Waals surface area contributed by atoms with Crippen molar-refractivity contribution in [2.75, 3.05) is 0 Å². The maximum Gasteiger partial charge on any atom is 0.243 e. The molecule has 0 radical (unpaired) electrons. The molecule has 4 nitrogen and oxygen atoms in total. The summed E-state index contributed by atoms with van der Waals surface area (Å²) in [5.74, 6) is -0.750. The van der Waals surface area contributed by atoms with Crippen LogP contribution >= 0.6 is 0 Å². The third-order valence-electron chi connectivity index (χ3n) is 4.19. The average Bonchev–Trinajstić information content (AvgIpc) is 3.02. The Morgan fingerprint density at radius 2 is 1.88 bits per heavy atom. The molecule has 3 rings (SSSR count). The largest absolute Gasteiger partial charge is 0.347 e. The summed E-state index contributed by atoms with van der Waals surface area (Å²) in [6, 6.07) is 15.0. The van der Waals surface area contributed by atoms with E-state index >= 15 is 0 Å². The van der Waals surface area contributed by atoms with Crippen LogP contribution in [0.1, 0.15) is 30.0 Å². The van der Waals surface area contributed by atoms with Crippen molar-refractivity contribution >= 4 is 11.8 Å². The molecule has 0 saturated carbocycles. The third kappa shape index (κ3) is 3.79. The van der Waals surface area contributed by atoms with E-state index in [4.69, 9.17) is 0 Å². The van der Waals surface area contributed by atoms with Crippen molar-refractivity contribution in [3.63, 3.8) is 0 Å². The summed E-state index contributed by atoms with van der Waals surface area (Å²) in [7, 11) is 0. The minimum atomic E-state index is -0.539. The quantitative estimate of drug-likeness (QED) is 0.887. The summed E-state index contributed by atoms with van der Waals surface area (Å²) in [5, 5.41) is 5.54. The van der Waals surface area contributed by atoms with Gasteiger partial charge in [-0.05, 0) is 24.5 Å². The van der Waals surface area contributed by atoms with Gasteiger partial charge >= 0.3 is 0 Å². The van der Waals surface area contributed by atoms with Gasteiger partial charge in [0.2, 0.25) is 11.8 Å². The lowest BCUT2D eigenvalue weighted by Gasteiger charge is -2.22. The number of benzene rings is 2. The van der Waals surface area contributed by atoms with E-state index in [-0.39, 0.29) is 17.6 Å². The maximum absolute atomic E-state index is 14.2. The fraction of sp³-hybridized carbons (Fsp3) is 0.263. The smallest absolute Gasteiger partial charge is 0.243 e. The topological polar surface area (TPSA) is 58.2 Å². The first-order valence-electron chi connectivity index (χ1n) is 8.01. The van der Waals surface area contributed by atoms with Gasteiger partial charge in [0.25, 0.3) is 0 Å². The first-order chi connectivity index (χ1) is 11.6. The van der Waals surface area contributed by atoms with Crippen molar-refractivity contribution in [3.8, 4) is 0 Å². The lowest BCUT2D eigenvalue weighted by Crippen LogP contribution is -2.43. The molecule has 124 valence electrons. The Morgan fingerprint density at radius 3 is 2.54 bits per heavy atom. The highest BCUT2D eigenvalue weighted by Crippen LogP contribution is 2.22. The van der Waals surface area contributed by atoms with Crippen LogP contribution in [0, 0.1) is 5.82 Å². The van der Waals surface area contributed by atoms with Crippen LogP contribution in [-0.2, 0) is 16.0 Å². The lowest BCUT2D eigenvalue weighted by atomic mass is 9.98. The molecule has 2 amide bonds. The number of nitrogens with one attached hydrogen (secondary N) is 2. The second-order valence-corrected chi connectivity index (χ2v) is 5.93. The van der Waals surface area contributed by atoms with Crippen molar-refractivity contribution in [1.82, 2.24) is 10.6 Å². The minimum Gasteiger partial charge on any atom is -0.347 e. The van der Waals surface area contributed by atoms with Crippen LogP contribution < -0.4 is 10.6 Å². The number of amides is 2. The van der Waals surface area contributed by atoms with E-state index < -0.39 is 12.1 Å². The summed E-state index contributed by atoms with van der Waals surface area (Å²) in [4.78, 5) is 23.7. The van der Waals surface area contributed by atoms with E-state index in [0.717, 1.165) is 5.56 Å². The van der Waals surface area contributed by atoms with Gasteiger partial charge in [-0.1, -0.05) is 48.5 Å². The molecule has 2 aromatic rings. The highest BCUT2D eigenvalue weighted by atomic mass is 19.1. The second-order valence-electron chi connectivity index (χ2n) is 5.93. The van der Waals surface area contributed by atoms with Gasteiger partial charge in [-0.2, -0.15) is 0 Å². The van der Waals surface area contributed by atoms with Crippen LogP contribution in [-0.4, -0.2) is 17.9 Å². The zero-order chi connectivity index (χ0) is 16.9. The molecule has 0 aliphatic carbocycles. The van der Waals surface area contributed by atoms with Gasteiger partial charge < -0.3 is 10.6 Å². The molecule has 1 fully saturated rings. The summed E-state index contributed by atoms with van der Waals surface area (Å²) < 4.78 is 14.2. The van der Waals surface area contributed by atoms with Gasteiger partial charge in [0, 0.05) is 12.0 Å². The zero-order valence-electron chi connectivity index (χ0n) is 13.2. The predicted octanol–water partition coefficient (Wildman–Crippen LogP) is 2.50. The molecule has 24 heavy (non-hydrogen) atoms. The second kappa shape index (κ2) is 7.25. The summed E-state index contributed by atoms with van der Waals surface area (Å²) in [6.45, 7) is 0. The molecule has 2 unspecified atom stereocenters. The molecule has 0 spiro atoms. The highest BCUT2D eigenvalue weighted by molar-refractivity contribution is 5.91. The van der Waals surface area contributed by atoms with Crippen LogP contribution in [0.3, 0.4) is 0 Å². The van der Waals surface area contributed by atoms with Crippen LogP contribution in [0.2, 0.25) is 0 Å². The van der Waals surface area contributed by atoms with Gasteiger partial charge in [0.05, 0.1) is 6.04 Å². The predicted molar refractivity (Wildman–Crippen MR) is 88.6 cm³/mol. The van der Waals surface area contributed by atoms with E-state index in [1.54, 1.807) is 18.2 Å². The third-order valence-corrected chi connectivity index (χ3v) is 4.19. The molecular weight excluding hydrogens is 307 g/mol. The van der Waals surface area contributed by atoms with Crippen molar-refractivity contribution in [2.45, 2.75) is 31.3 Å². The van der Waals surface area contributed by atoms with Gasteiger partial charge in [-0.3, -0.25) is 9.59 Å². The van der Waals surface area contributed by atoms with Gasteiger partial charge in [-0.15, -0.1) is 0 Å². The SMILES string of the molecule is O=C1CCC(C(=O)NC(Cc2ccccc2)c2ccccc2F)N1. The molecule has 1 aliphatic heterocycles. The molecule has 2 N–H and O–H groups in total. The Hall–Kier alpha value is -2.69. The summed E-state index contributed by atoms with van der Waals surface area (Å²) in [5.41, 5.74) is 1.44. The maximum atomic E-state index is 14.2. The zero-order valence-corrected chi connectivity index (χ0v) is 13.2. The first kappa shape index (κ1) is 16.2. The monoisotopic (exact) mass is 326 g/mol. The van der Waals surface area contributed by atoms with Crippen LogP contribution in [0.25, 0.3) is 0 Å². The molecule has 1 heterocycles. The van der Waals surface area contributed by atoms with E-state index in [9.17, 15) is 14.0 Å². The standard InChI is InChI=1S/C19H19FN2O2/c20-15-9-5-4-8-14(15)17(12-13-6-2-1-3-7-13)22-19(24)16-10-11-18(23)21-16/h1-9,16-17H,10-12H2,(H,21,23)(H,22,24). The summed E-state index contributed by atoms with van der Waals surface area (Å²) >= 11 is 0. The summed E-state index contributed by atoms with van der Waals surface area (Å²) in [6.07, 6.45) is 1.30. The Kier molecular flexibility index (Phi) is 4.89. The fourth-order valence-electron chi connectivity index (χ4n) is 2.93. The highest BCUT2D eigenvalue weighted by Gasteiger charge is 2.29. The van der Waals surface area contributed by atoms with E-state index in [2.05, 4.69) is 10.6 Å². The number of halogens is 1. The molecular formula is C19H19FN2O2. The normalized spacial score (nSPS) is 18.0. The molecule has 2 aromatic carbocycles. The van der Waals surface area contributed by atoms with Crippen molar-refractivity contribution in [3.05, 3.63) is 71.5 Å². The van der Waals surface area contributed by atoms with Crippen molar-refractivity contribution in [1.29, 1.82) is 0 Å². The Labute approximate surface area is 140 Å². The minimum absolute atomic E-state index is 0.124. The molecule has 5 heteroatoms. The Bertz CT molecular complexity index is 733. The molecule has 2 atom stereocenters. The Morgan fingerprint density at radius 1 is 1.17 bits per heavy atom. The number of carbonyl (C=O) groups is 2. The lowest BCUT2D eigenvalue weighted by molar-refractivity contribution is -0.126. The number of hydrogen-bond donors (Lipinski definition) is 2. The Balaban J connectivity index is 1.80. The number of hydrogen-bond acceptors (Lipinski definition) is 2. The number of rotatable bonds is 5. The van der Waals surface area contributed by atoms with E-state index in [1.807, 2.05) is 30.3 Å². The molecule has 0 aromatic heterocycles. The van der Waals surface area contributed by atoms with Crippen molar-refractivity contribution in [2.24, 2.45) is 0 Å². The van der Waals surface area contributed by atoms with Crippen molar-refractivity contribution < 1.29 is 14.0 Å². The van der Waals surface area contributed by atoms with Crippen LogP contribution in [0.5, 0.6) is 0 Å². The first-order valence-corrected chi connectivity index (χ1v) is 8.01. The molecule has 0 bridgehead atoms. The van der Waals surface area contributed by atoms with E-state index in [1.165, 1.54) is 6.07 Å². The van der Waals surface area contributed by atoms with Crippen LogP contribution in [0.15, 0.2) is 54.6 Å². The fourth-order valence-corrected chi connectivity index (χ4v) is 2.93. The molecule has 1 saturated heterocycles. The van der Waals surface area contributed by atoms with Gasteiger partial charge in [-0.25, -0.2) is 4.39 Å².